The molecular weight excluding hydrogens is 655 g/mol. The van der Waals surface area contributed by atoms with Crippen LogP contribution < -0.4 is 10.4 Å². The molecule has 0 radical (unpaired) electrons. The fraction of sp³-hybridized carbons (Fsp3) is 0.205. The van der Waals surface area contributed by atoms with E-state index in [0.29, 0.717) is 0 Å². The molecule has 0 fully saturated rings. The number of benzene rings is 4. The standard InChI is InChI=1S/C31H29.C8H7Cl.C5H5.Zr/c1-4-5-16-31(27-14-10-7-11-15-27)21-26-19-25-20-28(24-12-8-6-9-13-24)22(2)17-29(25)30(26)18-23(31)3;1-2-7-4-3-5-8(9)6-7;1-2-4-5-3-1;/h6-15,17-20H,4-5,16H2,1-3H3;1,3-6H,2H2;1-3H,4H2;/q-1;;-1;+2. The van der Waals surface area contributed by atoms with Crippen molar-refractivity contribution in [3.63, 3.8) is 0 Å². The van der Waals surface area contributed by atoms with Crippen LogP contribution in [0.3, 0.4) is 0 Å². The number of fused-ring (bicyclic) bond motifs is 2. The van der Waals surface area contributed by atoms with Gasteiger partial charge in [0.05, 0.1) is 0 Å². The Balaban J connectivity index is 0.000000228. The first kappa shape index (κ1) is 34.0. The molecule has 0 amide bonds. The normalized spacial score (nSPS) is 17.0. The van der Waals surface area contributed by atoms with Crippen molar-refractivity contribution in [3.8, 4) is 11.1 Å². The Kier molecular flexibility index (Phi) is 12.1. The molecule has 0 N–H and O–H groups in total. The number of hydrogen-bond acceptors (Lipinski definition) is 0. The van der Waals surface area contributed by atoms with Crippen LogP contribution in [0.1, 0.15) is 56.2 Å². The van der Waals surface area contributed by atoms with Crippen LogP contribution in [0.4, 0.5) is 0 Å². The van der Waals surface area contributed by atoms with Crippen LogP contribution in [0, 0.1) is 19.1 Å². The van der Waals surface area contributed by atoms with Gasteiger partial charge in [0.15, 0.2) is 0 Å². The summed E-state index contributed by atoms with van der Waals surface area (Å²) in [6, 6.07) is 34.4. The predicted octanol–water partition coefficient (Wildman–Crippen LogP) is 9.96. The summed E-state index contributed by atoms with van der Waals surface area (Å²) in [7, 11) is 0. The number of rotatable bonds is 7. The monoisotopic (exact) mass is 694 g/mol. The quantitative estimate of drug-likeness (QED) is 0.169. The summed E-state index contributed by atoms with van der Waals surface area (Å²) in [5, 5.41) is 3.48. The van der Waals surface area contributed by atoms with Crippen LogP contribution >= 0.6 is 11.6 Å². The number of halogens is 1. The van der Waals surface area contributed by atoms with Crippen molar-refractivity contribution in [1.82, 2.24) is 0 Å². The average molecular weight is 696 g/mol. The smallest absolute Gasteiger partial charge is 0.109 e. The van der Waals surface area contributed by atoms with Gasteiger partial charge in [-0.1, -0.05) is 109 Å². The van der Waals surface area contributed by atoms with E-state index >= 15 is 0 Å². The van der Waals surface area contributed by atoms with E-state index in [1.165, 1.54) is 92.1 Å². The third-order valence-electron chi connectivity index (χ3n) is 8.73. The molecule has 0 spiro atoms. The van der Waals surface area contributed by atoms with Crippen LogP contribution in [0.5, 0.6) is 0 Å². The maximum absolute atomic E-state index is 5.77. The fourth-order valence-corrected chi connectivity index (χ4v) is 7.09. The zero-order chi connectivity index (χ0) is 32.4. The zero-order valence-electron chi connectivity index (χ0n) is 27.1. The summed E-state index contributed by atoms with van der Waals surface area (Å²) in [6.07, 6.45) is 23.3. The molecule has 3 aliphatic carbocycles. The van der Waals surface area contributed by atoms with Gasteiger partial charge in [-0.25, -0.2) is 12.2 Å². The van der Waals surface area contributed by atoms with Crippen molar-refractivity contribution in [1.29, 1.82) is 0 Å². The number of aryl methyl sites for hydroxylation is 1. The summed E-state index contributed by atoms with van der Waals surface area (Å²) >= 11 is 7.24. The molecule has 4 aromatic rings. The van der Waals surface area contributed by atoms with Gasteiger partial charge in [-0.2, -0.15) is 23.8 Å². The van der Waals surface area contributed by atoms with Gasteiger partial charge in [0, 0.05) is 0 Å². The molecule has 0 saturated carbocycles. The fourth-order valence-electron chi connectivity index (χ4n) is 6.30. The van der Waals surface area contributed by atoms with Gasteiger partial charge in [-0.3, -0.25) is 6.08 Å². The molecule has 7 rings (SSSR count). The molecule has 228 valence electrons. The number of hydrogen-bond donors (Lipinski definition) is 0. The van der Waals surface area contributed by atoms with Crippen LogP contribution in [0.2, 0.25) is 5.02 Å². The average Bonchev–Trinajstić information content (AvgIpc) is 3.77. The van der Waals surface area contributed by atoms with Gasteiger partial charge >= 0.3 is 80.8 Å². The number of allylic oxidation sites excluding steroid dienone is 8. The molecule has 0 heterocycles. The molecule has 0 nitrogen and oxygen atoms in total. The Labute approximate surface area is 295 Å². The predicted molar refractivity (Wildman–Crippen MR) is 195 cm³/mol. The third-order valence-corrected chi connectivity index (χ3v) is 9.46. The summed E-state index contributed by atoms with van der Waals surface area (Å²) in [4.78, 5) is 0. The summed E-state index contributed by atoms with van der Waals surface area (Å²) in [5.41, 5.74) is 10.4. The van der Waals surface area contributed by atoms with Crippen LogP contribution in [0.15, 0.2) is 133 Å². The molecule has 3 aliphatic rings. The van der Waals surface area contributed by atoms with E-state index in [1.54, 1.807) is 0 Å². The molecule has 0 bridgehead atoms. The van der Waals surface area contributed by atoms with Gasteiger partial charge in [-0.05, 0) is 47.9 Å². The van der Waals surface area contributed by atoms with Gasteiger partial charge in [0.2, 0.25) is 0 Å². The van der Waals surface area contributed by atoms with E-state index in [-0.39, 0.29) is 5.41 Å². The molecular formula is C44H41ClZr. The summed E-state index contributed by atoms with van der Waals surface area (Å²) in [5.74, 6) is 0. The SMILES string of the molecule is CCCCC1(c2ccccc2)[C-]=C2C=c3cc(-c4ccccc4)c(C)cc3=C2C=C1C.Clc1cccc(C[CH]=[Zr+2])c1.[C-]1=CC=CC1. The zero-order valence-corrected chi connectivity index (χ0v) is 30.3. The van der Waals surface area contributed by atoms with E-state index in [2.05, 4.69) is 134 Å². The van der Waals surface area contributed by atoms with Crippen molar-refractivity contribution in [2.24, 2.45) is 0 Å². The molecule has 0 aliphatic heterocycles. The molecule has 4 aromatic carbocycles. The summed E-state index contributed by atoms with van der Waals surface area (Å²) in [6.45, 7) is 6.79. The first-order chi connectivity index (χ1) is 22.4. The largest absolute Gasteiger partial charge is 0.273 e. The van der Waals surface area contributed by atoms with Crippen molar-refractivity contribution in [2.45, 2.75) is 58.3 Å². The second-order valence-electron chi connectivity index (χ2n) is 12.0. The van der Waals surface area contributed by atoms with Gasteiger partial charge < -0.3 is 0 Å². The van der Waals surface area contributed by atoms with Gasteiger partial charge in [0.1, 0.15) is 0 Å². The van der Waals surface area contributed by atoms with Gasteiger partial charge in [0.25, 0.3) is 0 Å². The van der Waals surface area contributed by atoms with E-state index in [0.717, 1.165) is 24.3 Å². The number of unbranched alkanes of at least 4 members (excludes halogenated alkanes) is 1. The van der Waals surface area contributed by atoms with Gasteiger partial charge in [-0.15, -0.1) is 18.1 Å². The first-order valence-electron chi connectivity index (χ1n) is 16.2. The minimum Gasteiger partial charge on any atom is -0.273 e. The topological polar surface area (TPSA) is 0 Å². The van der Waals surface area contributed by atoms with Crippen LogP contribution in [-0.4, -0.2) is 3.71 Å². The van der Waals surface area contributed by atoms with Crippen molar-refractivity contribution < 1.29 is 24.2 Å². The van der Waals surface area contributed by atoms with Crippen molar-refractivity contribution >= 4 is 27.0 Å². The third kappa shape index (κ3) is 8.12. The molecule has 0 aromatic heterocycles. The van der Waals surface area contributed by atoms with E-state index in [1.807, 2.05) is 30.4 Å². The molecule has 1 atom stereocenters. The molecule has 0 saturated heterocycles. The minimum absolute atomic E-state index is 0.133. The maximum Gasteiger partial charge on any atom is -0.109 e. The van der Waals surface area contributed by atoms with Crippen LogP contribution in [0.25, 0.3) is 22.8 Å². The van der Waals surface area contributed by atoms with E-state index < -0.39 is 0 Å². The Morgan fingerprint density at radius 1 is 0.891 bits per heavy atom. The first-order valence-corrected chi connectivity index (χ1v) is 18.0. The minimum atomic E-state index is -0.133. The molecule has 1 unspecified atom stereocenters. The second-order valence-corrected chi connectivity index (χ2v) is 13.4. The maximum atomic E-state index is 5.77. The molecule has 2 heteroatoms. The Bertz CT molecular complexity index is 1900. The molecule has 46 heavy (non-hydrogen) atoms. The van der Waals surface area contributed by atoms with E-state index in [4.69, 9.17) is 11.6 Å². The van der Waals surface area contributed by atoms with Crippen molar-refractivity contribution in [3.05, 3.63) is 177 Å². The second kappa shape index (κ2) is 16.4. The van der Waals surface area contributed by atoms with Crippen molar-refractivity contribution in [2.75, 3.05) is 0 Å². The van der Waals surface area contributed by atoms with Crippen LogP contribution in [-0.2, 0) is 36.1 Å². The Morgan fingerprint density at radius 3 is 2.28 bits per heavy atom. The Morgan fingerprint density at radius 2 is 1.65 bits per heavy atom. The summed E-state index contributed by atoms with van der Waals surface area (Å²) < 4.78 is 2.21. The Hall–Kier alpha value is -3.38. The van der Waals surface area contributed by atoms with E-state index in [9.17, 15) is 0 Å².